The van der Waals surface area contributed by atoms with Crippen LogP contribution in [0.25, 0.3) is 0 Å². The fourth-order valence-electron chi connectivity index (χ4n) is 4.02. The lowest BCUT2D eigenvalue weighted by atomic mass is 10.1. The molecule has 0 spiro atoms. The predicted octanol–water partition coefficient (Wildman–Crippen LogP) is 1.76. The Labute approximate surface area is 181 Å². The fraction of sp³-hybridized carbons (Fsp3) is 0.364. The number of anilines is 1. The summed E-state index contributed by atoms with van der Waals surface area (Å²) in [7, 11) is -2.48. The van der Waals surface area contributed by atoms with Crippen LogP contribution in [-0.2, 0) is 30.7 Å². The third-order valence-electron chi connectivity index (χ3n) is 5.72. The van der Waals surface area contributed by atoms with Crippen molar-refractivity contribution in [2.75, 3.05) is 38.3 Å². The number of para-hydroxylation sites is 1. The average molecular weight is 445 g/mol. The smallest absolute Gasteiger partial charge is 0.329 e. The summed E-state index contributed by atoms with van der Waals surface area (Å²) in [6.07, 6.45) is 0.347. The third-order valence-corrected chi connectivity index (χ3v) is 7.61. The minimum Gasteiger partial charge on any atom is -0.467 e. The number of benzene rings is 2. The molecule has 2 aromatic carbocycles. The number of morpholine rings is 1. The van der Waals surface area contributed by atoms with Crippen molar-refractivity contribution < 1.29 is 27.5 Å². The van der Waals surface area contributed by atoms with E-state index in [-0.39, 0.29) is 23.5 Å². The number of ether oxygens (including phenoxy) is 2. The van der Waals surface area contributed by atoms with E-state index in [1.807, 2.05) is 12.1 Å². The minimum atomic E-state index is -3.76. The van der Waals surface area contributed by atoms with Crippen molar-refractivity contribution in [3.05, 3.63) is 59.2 Å². The van der Waals surface area contributed by atoms with E-state index in [1.54, 1.807) is 25.1 Å². The van der Waals surface area contributed by atoms with Gasteiger partial charge < -0.3 is 9.47 Å². The van der Waals surface area contributed by atoms with Crippen LogP contribution in [0, 0.1) is 6.92 Å². The Morgan fingerprint density at radius 1 is 1.10 bits per heavy atom. The average Bonchev–Trinajstić information content (AvgIpc) is 3.18. The molecule has 2 aromatic rings. The summed E-state index contributed by atoms with van der Waals surface area (Å²) in [5.74, 6) is -0.948. The Morgan fingerprint density at radius 3 is 2.52 bits per heavy atom. The van der Waals surface area contributed by atoms with Gasteiger partial charge in [-0.25, -0.2) is 13.2 Å². The summed E-state index contributed by atoms with van der Waals surface area (Å²) in [6, 6.07) is 11.0. The molecule has 1 fully saturated rings. The molecule has 1 unspecified atom stereocenters. The van der Waals surface area contributed by atoms with Gasteiger partial charge in [-0.3, -0.25) is 9.69 Å². The summed E-state index contributed by atoms with van der Waals surface area (Å²) in [4.78, 5) is 27.5. The Kier molecular flexibility index (Phi) is 5.83. The topological polar surface area (TPSA) is 93.2 Å². The number of aryl methyl sites for hydroxylation is 1. The van der Waals surface area contributed by atoms with Crippen LogP contribution in [0.1, 0.15) is 21.5 Å². The molecular formula is C22H24N2O6S. The van der Waals surface area contributed by atoms with Gasteiger partial charge in [-0.1, -0.05) is 24.3 Å². The molecule has 0 bridgehead atoms. The van der Waals surface area contributed by atoms with Crippen LogP contribution in [-0.4, -0.2) is 64.1 Å². The number of rotatable bonds is 4. The molecule has 0 radical (unpaired) electrons. The molecule has 9 heteroatoms. The monoisotopic (exact) mass is 444 g/mol. The highest BCUT2D eigenvalue weighted by molar-refractivity contribution is 7.89. The van der Waals surface area contributed by atoms with Gasteiger partial charge in [0.05, 0.1) is 25.2 Å². The number of carbonyl (C=O) groups is 2. The van der Waals surface area contributed by atoms with Crippen molar-refractivity contribution in [3.8, 4) is 0 Å². The number of hydrogen-bond acceptors (Lipinski definition) is 6. The maximum absolute atomic E-state index is 13.6. The number of esters is 1. The molecule has 31 heavy (non-hydrogen) atoms. The van der Waals surface area contributed by atoms with Crippen molar-refractivity contribution in [1.29, 1.82) is 0 Å². The second-order valence-corrected chi connectivity index (χ2v) is 9.48. The van der Waals surface area contributed by atoms with Gasteiger partial charge in [0.15, 0.2) is 0 Å². The van der Waals surface area contributed by atoms with E-state index in [9.17, 15) is 18.0 Å². The summed E-state index contributed by atoms with van der Waals surface area (Å²) < 4.78 is 37.7. The molecule has 164 valence electrons. The quantitative estimate of drug-likeness (QED) is 0.668. The standard InChI is InChI=1S/C22H24N2O6S/c1-15-7-8-17(31(27,28)23-9-11-30-12-10-23)14-18(15)21(25)24-19-6-4-3-5-16(19)13-20(24)22(26)29-2/h3-8,14,20H,9-13H2,1-2H3. The number of nitrogens with zero attached hydrogens (tertiary/aromatic N) is 2. The largest absolute Gasteiger partial charge is 0.467 e. The fourth-order valence-corrected chi connectivity index (χ4v) is 5.45. The normalized spacial score (nSPS) is 19.2. The second kappa shape index (κ2) is 8.41. The van der Waals surface area contributed by atoms with E-state index in [2.05, 4.69) is 0 Å². The van der Waals surface area contributed by atoms with E-state index >= 15 is 0 Å². The molecule has 1 amide bonds. The lowest BCUT2D eigenvalue weighted by molar-refractivity contribution is -0.141. The van der Waals surface area contributed by atoms with Gasteiger partial charge in [-0.05, 0) is 36.2 Å². The molecule has 4 rings (SSSR count). The zero-order valence-electron chi connectivity index (χ0n) is 17.4. The lowest BCUT2D eigenvalue weighted by Gasteiger charge is -2.27. The van der Waals surface area contributed by atoms with Crippen LogP contribution in [0.4, 0.5) is 5.69 Å². The van der Waals surface area contributed by atoms with Crippen LogP contribution in [0.3, 0.4) is 0 Å². The summed E-state index contributed by atoms with van der Waals surface area (Å²) in [6.45, 7) is 2.95. The van der Waals surface area contributed by atoms with E-state index in [1.165, 1.54) is 28.4 Å². The summed E-state index contributed by atoms with van der Waals surface area (Å²) in [5.41, 5.74) is 2.35. The number of amides is 1. The Morgan fingerprint density at radius 2 is 1.81 bits per heavy atom. The summed E-state index contributed by atoms with van der Waals surface area (Å²) in [5, 5.41) is 0. The highest BCUT2D eigenvalue weighted by Gasteiger charge is 2.40. The van der Waals surface area contributed by atoms with Crippen LogP contribution < -0.4 is 4.90 Å². The molecule has 0 saturated carbocycles. The van der Waals surface area contributed by atoms with Crippen molar-refractivity contribution in [2.24, 2.45) is 0 Å². The first kappa shape index (κ1) is 21.5. The van der Waals surface area contributed by atoms with E-state index < -0.39 is 27.9 Å². The maximum atomic E-state index is 13.6. The van der Waals surface area contributed by atoms with Gasteiger partial charge in [0.25, 0.3) is 5.91 Å². The van der Waals surface area contributed by atoms with Gasteiger partial charge in [0, 0.05) is 30.8 Å². The highest BCUT2D eigenvalue weighted by atomic mass is 32.2. The van der Waals surface area contributed by atoms with Gasteiger partial charge >= 0.3 is 5.97 Å². The SMILES string of the molecule is COC(=O)C1Cc2ccccc2N1C(=O)c1cc(S(=O)(=O)N2CCOCC2)ccc1C. The van der Waals surface area contributed by atoms with Crippen molar-refractivity contribution in [2.45, 2.75) is 24.3 Å². The molecule has 8 nitrogen and oxygen atoms in total. The van der Waals surface area contributed by atoms with Crippen LogP contribution >= 0.6 is 0 Å². The Balaban J connectivity index is 1.74. The van der Waals surface area contributed by atoms with Crippen molar-refractivity contribution in [1.82, 2.24) is 4.31 Å². The third kappa shape index (κ3) is 3.84. The Bertz CT molecular complexity index is 1120. The Hall–Kier alpha value is -2.75. The van der Waals surface area contributed by atoms with E-state index in [0.29, 0.717) is 30.9 Å². The van der Waals surface area contributed by atoms with Gasteiger partial charge in [0.2, 0.25) is 10.0 Å². The molecule has 2 heterocycles. The molecule has 0 N–H and O–H groups in total. The molecule has 1 saturated heterocycles. The molecule has 2 aliphatic rings. The summed E-state index contributed by atoms with van der Waals surface area (Å²) >= 11 is 0. The second-order valence-electron chi connectivity index (χ2n) is 7.54. The first-order valence-electron chi connectivity index (χ1n) is 10.0. The number of methoxy groups -OCH3 is 1. The van der Waals surface area contributed by atoms with Gasteiger partial charge in [-0.15, -0.1) is 0 Å². The van der Waals surface area contributed by atoms with E-state index in [0.717, 1.165) is 5.56 Å². The predicted molar refractivity (Wildman–Crippen MR) is 114 cm³/mol. The lowest BCUT2D eigenvalue weighted by Crippen LogP contribution is -2.44. The first-order chi connectivity index (χ1) is 14.8. The van der Waals surface area contributed by atoms with E-state index in [4.69, 9.17) is 9.47 Å². The van der Waals surface area contributed by atoms with Gasteiger partial charge in [-0.2, -0.15) is 4.31 Å². The minimum absolute atomic E-state index is 0.0467. The van der Waals surface area contributed by atoms with Crippen LogP contribution in [0.2, 0.25) is 0 Å². The molecular weight excluding hydrogens is 420 g/mol. The number of fused-ring (bicyclic) bond motifs is 1. The zero-order valence-corrected chi connectivity index (χ0v) is 18.2. The van der Waals surface area contributed by atoms with Gasteiger partial charge in [0.1, 0.15) is 6.04 Å². The molecule has 1 atom stereocenters. The van der Waals surface area contributed by atoms with Crippen LogP contribution in [0.15, 0.2) is 47.4 Å². The number of hydrogen-bond donors (Lipinski definition) is 0. The first-order valence-corrected chi connectivity index (χ1v) is 11.5. The molecule has 2 aliphatic heterocycles. The highest BCUT2D eigenvalue weighted by Crippen LogP contribution is 2.34. The molecule has 0 aromatic heterocycles. The van der Waals surface area contributed by atoms with Crippen molar-refractivity contribution >= 4 is 27.6 Å². The molecule has 0 aliphatic carbocycles. The maximum Gasteiger partial charge on any atom is 0.329 e. The zero-order chi connectivity index (χ0) is 22.2. The van der Waals surface area contributed by atoms with Crippen LogP contribution in [0.5, 0.6) is 0 Å². The number of carbonyl (C=O) groups excluding carboxylic acids is 2. The number of sulfonamides is 1. The van der Waals surface area contributed by atoms with Crippen molar-refractivity contribution in [3.63, 3.8) is 0 Å².